The van der Waals surface area contributed by atoms with Crippen molar-refractivity contribution in [2.45, 2.75) is 71.8 Å². The van der Waals surface area contributed by atoms with Crippen LogP contribution in [0.2, 0.25) is 0 Å². The quantitative estimate of drug-likeness (QED) is 0.632. The van der Waals surface area contributed by atoms with Gasteiger partial charge in [-0.3, -0.25) is 0 Å². The minimum absolute atomic E-state index is 0.783. The third-order valence-corrected chi connectivity index (χ3v) is 4.04. The summed E-state index contributed by atoms with van der Waals surface area (Å²) in [5.74, 6) is 0.783. The van der Waals surface area contributed by atoms with Gasteiger partial charge in [0.05, 0.1) is 0 Å². The molecule has 0 spiro atoms. The molecule has 1 aliphatic heterocycles. The molecule has 1 saturated heterocycles. The first-order valence-electron chi connectivity index (χ1n) is 8.15. The Morgan fingerprint density at radius 3 is 2.61 bits per heavy atom. The van der Waals surface area contributed by atoms with Crippen molar-refractivity contribution in [2.24, 2.45) is 5.92 Å². The number of likely N-dealkylation sites (tertiary alicyclic amines) is 1. The largest absolute Gasteiger partial charge is 0.316 e. The fourth-order valence-electron chi connectivity index (χ4n) is 2.80. The van der Waals surface area contributed by atoms with Gasteiger partial charge in [-0.1, -0.05) is 33.1 Å². The van der Waals surface area contributed by atoms with Gasteiger partial charge in [-0.15, -0.1) is 0 Å². The number of rotatable bonds is 9. The van der Waals surface area contributed by atoms with E-state index in [0.29, 0.717) is 0 Å². The highest BCUT2D eigenvalue weighted by atomic mass is 15.1. The van der Waals surface area contributed by atoms with E-state index in [2.05, 4.69) is 31.0 Å². The Morgan fingerprint density at radius 1 is 1.11 bits per heavy atom. The number of piperidine rings is 1. The first-order valence-corrected chi connectivity index (χ1v) is 8.15. The standard InChI is InChI=1S/C16H34N2/c1-15(2)14-17-11-7-4-5-8-12-18-13-9-6-10-16(18)3/h15-17H,4-14H2,1-3H3. The van der Waals surface area contributed by atoms with Crippen LogP contribution in [0, 0.1) is 5.92 Å². The molecule has 2 heteroatoms. The van der Waals surface area contributed by atoms with Gasteiger partial charge in [-0.25, -0.2) is 0 Å². The van der Waals surface area contributed by atoms with E-state index in [1.165, 1.54) is 71.1 Å². The summed E-state index contributed by atoms with van der Waals surface area (Å²) in [6.07, 6.45) is 9.83. The van der Waals surface area contributed by atoms with Crippen molar-refractivity contribution < 1.29 is 0 Å². The van der Waals surface area contributed by atoms with Crippen LogP contribution in [0.15, 0.2) is 0 Å². The van der Waals surface area contributed by atoms with Crippen LogP contribution in [-0.2, 0) is 0 Å². The number of nitrogens with zero attached hydrogens (tertiary/aromatic N) is 1. The molecule has 0 aromatic rings. The average molecular weight is 254 g/mol. The molecule has 0 aliphatic carbocycles. The molecule has 0 amide bonds. The van der Waals surface area contributed by atoms with E-state index >= 15 is 0 Å². The Labute approximate surface area is 115 Å². The summed E-state index contributed by atoms with van der Waals surface area (Å²) < 4.78 is 0. The van der Waals surface area contributed by atoms with Crippen molar-refractivity contribution in [1.29, 1.82) is 0 Å². The molecule has 1 N–H and O–H groups in total. The molecule has 18 heavy (non-hydrogen) atoms. The zero-order valence-electron chi connectivity index (χ0n) is 12.9. The highest BCUT2D eigenvalue weighted by molar-refractivity contribution is 4.72. The maximum atomic E-state index is 3.52. The van der Waals surface area contributed by atoms with Crippen molar-refractivity contribution in [3.05, 3.63) is 0 Å². The Balaban J connectivity index is 1.86. The van der Waals surface area contributed by atoms with Crippen LogP contribution in [0.25, 0.3) is 0 Å². The third-order valence-electron chi connectivity index (χ3n) is 4.04. The summed E-state index contributed by atoms with van der Waals surface area (Å²) in [6.45, 7) is 12.0. The van der Waals surface area contributed by atoms with Crippen molar-refractivity contribution in [2.75, 3.05) is 26.2 Å². The maximum Gasteiger partial charge on any atom is 0.00669 e. The Hall–Kier alpha value is -0.0800. The summed E-state index contributed by atoms with van der Waals surface area (Å²) in [7, 11) is 0. The summed E-state index contributed by atoms with van der Waals surface area (Å²) in [5.41, 5.74) is 0. The molecule has 0 aromatic carbocycles. The summed E-state index contributed by atoms with van der Waals surface area (Å²) in [5, 5.41) is 3.52. The lowest BCUT2D eigenvalue weighted by Gasteiger charge is -2.33. The molecule has 0 aromatic heterocycles. The average Bonchev–Trinajstić information content (AvgIpc) is 2.34. The normalized spacial score (nSPS) is 21.7. The van der Waals surface area contributed by atoms with E-state index in [0.717, 1.165) is 12.0 Å². The molecule has 1 unspecified atom stereocenters. The summed E-state index contributed by atoms with van der Waals surface area (Å²) in [4.78, 5) is 2.69. The van der Waals surface area contributed by atoms with Crippen LogP contribution in [0.5, 0.6) is 0 Å². The minimum Gasteiger partial charge on any atom is -0.316 e. The van der Waals surface area contributed by atoms with E-state index in [1.54, 1.807) is 0 Å². The predicted octanol–water partition coefficient (Wildman–Crippen LogP) is 3.67. The van der Waals surface area contributed by atoms with E-state index in [9.17, 15) is 0 Å². The number of hydrogen-bond acceptors (Lipinski definition) is 2. The van der Waals surface area contributed by atoms with Crippen LogP contribution < -0.4 is 5.32 Å². The Morgan fingerprint density at radius 2 is 1.89 bits per heavy atom. The SMILES string of the molecule is CC(C)CNCCCCCCN1CCCCC1C. The second-order valence-corrected chi connectivity index (χ2v) is 6.39. The van der Waals surface area contributed by atoms with Crippen molar-refractivity contribution in [1.82, 2.24) is 10.2 Å². The van der Waals surface area contributed by atoms with Gasteiger partial charge in [0.25, 0.3) is 0 Å². The van der Waals surface area contributed by atoms with Gasteiger partial charge in [-0.05, 0) is 64.7 Å². The van der Waals surface area contributed by atoms with Crippen LogP contribution >= 0.6 is 0 Å². The van der Waals surface area contributed by atoms with Gasteiger partial charge in [0.2, 0.25) is 0 Å². The number of hydrogen-bond donors (Lipinski definition) is 1. The van der Waals surface area contributed by atoms with Gasteiger partial charge < -0.3 is 10.2 Å². The molecule has 1 aliphatic rings. The maximum absolute atomic E-state index is 3.52. The van der Waals surface area contributed by atoms with Crippen LogP contribution in [0.4, 0.5) is 0 Å². The lowest BCUT2D eigenvalue weighted by atomic mass is 10.0. The van der Waals surface area contributed by atoms with Crippen LogP contribution in [-0.4, -0.2) is 37.1 Å². The Kier molecular flexibility index (Phi) is 8.70. The van der Waals surface area contributed by atoms with Crippen LogP contribution in [0.3, 0.4) is 0 Å². The van der Waals surface area contributed by atoms with E-state index in [1.807, 2.05) is 0 Å². The topological polar surface area (TPSA) is 15.3 Å². The smallest absolute Gasteiger partial charge is 0.00669 e. The molecule has 1 rings (SSSR count). The second-order valence-electron chi connectivity index (χ2n) is 6.39. The highest BCUT2D eigenvalue weighted by Crippen LogP contribution is 2.17. The van der Waals surface area contributed by atoms with Gasteiger partial charge in [0.15, 0.2) is 0 Å². The molecular formula is C16H34N2. The monoisotopic (exact) mass is 254 g/mol. The van der Waals surface area contributed by atoms with Gasteiger partial charge in [-0.2, -0.15) is 0 Å². The lowest BCUT2D eigenvalue weighted by molar-refractivity contribution is 0.157. The van der Waals surface area contributed by atoms with E-state index in [4.69, 9.17) is 0 Å². The van der Waals surface area contributed by atoms with Gasteiger partial charge in [0, 0.05) is 6.04 Å². The zero-order valence-corrected chi connectivity index (χ0v) is 12.9. The van der Waals surface area contributed by atoms with Crippen molar-refractivity contribution in [3.8, 4) is 0 Å². The van der Waals surface area contributed by atoms with Crippen LogP contribution in [0.1, 0.15) is 65.7 Å². The first kappa shape index (κ1) is 16.0. The Bertz CT molecular complexity index is 192. The fraction of sp³-hybridized carbons (Fsp3) is 1.00. The van der Waals surface area contributed by atoms with Gasteiger partial charge in [0.1, 0.15) is 0 Å². The molecule has 0 saturated carbocycles. The lowest BCUT2D eigenvalue weighted by Crippen LogP contribution is -2.37. The third kappa shape index (κ3) is 7.38. The van der Waals surface area contributed by atoms with Crippen molar-refractivity contribution >= 4 is 0 Å². The molecule has 1 fully saturated rings. The summed E-state index contributed by atoms with van der Waals surface area (Å²) in [6, 6.07) is 0.839. The molecule has 2 nitrogen and oxygen atoms in total. The minimum atomic E-state index is 0.783. The fourth-order valence-corrected chi connectivity index (χ4v) is 2.80. The number of nitrogens with one attached hydrogen (secondary N) is 1. The van der Waals surface area contributed by atoms with Gasteiger partial charge >= 0.3 is 0 Å². The van der Waals surface area contributed by atoms with E-state index in [-0.39, 0.29) is 0 Å². The molecule has 1 atom stereocenters. The highest BCUT2D eigenvalue weighted by Gasteiger charge is 2.16. The molecule has 0 bridgehead atoms. The zero-order chi connectivity index (χ0) is 13.2. The molecule has 1 heterocycles. The second kappa shape index (κ2) is 9.80. The molecular weight excluding hydrogens is 220 g/mol. The molecule has 0 radical (unpaired) electrons. The van der Waals surface area contributed by atoms with Crippen molar-refractivity contribution in [3.63, 3.8) is 0 Å². The summed E-state index contributed by atoms with van der Waals surface area (Å²) >= 11 is 0. The van der Waals surface area contributed by atoms with E-state index < -0.39 is 0 Å². The predicted molar refractivity (Wildman–Crippen MR) is 81.1 cm³/mol. The molecule has 108 valence electrons. The number of unbranched alkanes of at least 4 members (excludes halogenated alkanes) is 3. The first-order chi connectivity index (χ1) is 8.70.